The van der Waals surface area contributed by atoms with Crippen molar-refractivity contribution < 1.29 is 9.13 Å². The molecule has 0 atom stereocenters. The first-order valence-electron chi connectivity index (χ1n) is 4.30. The second-order valence-electron chi connectivity index (χ2n) is 2.73. The van der Waals surface area contributed by atoms with Gasteiger partial charge in [-0.05, 0) is 12.1 Å². The third-order valence-corrected chi connectivity index (χ3v) is 2.08. The van der Waals surface area contributed by atoms with Crippen molar-refractivity contribution >= 4 is 23.0 Å². The van der Waals surface area contributed by atoms with Gasteiger partial charge in [-0.2, -0.15) is 15.6 Å². The van der Waals surface area contributed by atoms with Crippen molar-refractivity contribution in [2.45, 2.75) is 0 Å². The molecule has 17 heavy (non-hydrogen) atoms. The second kappa shape index (κ2) is 5.69. The Labute approximate surface area is 102 Å². The Morgan fingerprint density at radius 1 is 1.47 bits per heavy atom. The summed E-state index contributed by atoms with van der Waals surface area (Å²) in [6, 6.07) is 5.79. The minimum atomic E-state index is -0.751. The second-order valence-corrected chi connectivity index (χ2v) is 3.14. The van der Waals surface area contributed by atoms with Crippen LogP contribution < -0.4 is 10.2 Å². The Morgan fingerprint density at radius 3 is 2.65 bits per heavy atom. The first-order valence-corrected chi connectivity index (χ1v) is 4.67. The SMILES string of the molecule is COc1ccc(Cl)c(NN=C(C#N)C#N)c1F. The van der Waals surface area contributed by atoms with E-state index in [2.05, 4.69) is 10.5 Å². The van der Waals surface area contributed by atoms with E-state index >= 15 is 0 Å². The molecule has 5 nitrogen and oxygen atoms in total. The molecule has 0 spiro atoms. The summed E-state index contributed by atoms with van der Waals surface area (Å²) in [4.78, 5) is 0. The van der Waals surface area contributed by atoms with Gasteiger partial charge >= 0.3 is 0 Å². The van der Waals surface area contributed by atoms with Gasteiger partial charge in [-0.1, -0.05) is 11.6 Å². The first kappa shape index (κ1) is 12.8. The summed E-state index contributed by atoms with van der Waals surface area (Å²) < 4.78 is 18.4. The number of nitrogens with one attached hydrogen (secondary N) is 1. The van der Waals surface area contributed by atoms with E-state index in [0.29, 0.717) is 0 Å². The van der Waals surface area contributed by atoms with Crippen LogP contribution in [0.3, 0.4) is 0 Å². The first-order chi connectivity index (χ1) is 8.13. The van der Waals surface area contributed by atoms with E-state index in [4.69, 9.17) is 26.9 Å². The molecule has 7 heteroatoms. The van der Waals surface area contributed by atoms with E-state index in [1.165, 1.54) is 31.4 Å². The Kier molecular flexibility index (Phi) is 4.27. The van der Waals surface area contributed by atoms with Gasteiger partial charge in [0.2, 0.25) is 5.71 Å². The van der Waals surface area contributed by atoms with Gasteiger partial charge in [0, 0.05) is 0 Å². The zero-order chi connectivity index (χ0) is 12.8. The predicted molar refractivity (Wildman–Crippen MR) is 60.2 cm³/mol. The molecular formula is C10H6ClFN4O. The maximum Gasteiger partial charge on any atom is 0.237 e. The van der Waals surface area contributed by atoms with E-state index < -0.39 is 11.5 Å². The van der Waals surface area contributed by atoms with Crippen molar-refractivity contribution in [3.63, 3.8) is 0 Å². The van der Waals surface area contributed by atoms with Crippen LogP contribution in [0.25, 0.3) is 0 Å². The number of anilines is 1. The van der Waals surface area contributed by atoms with Crippen LogP contribution in [-0.2, 0) is 0 Å². The van der Waals surface area contributed by atoms with Gasteiger partial charge in [0.05, 0.1) is 12.1 Å². The van der Waals surface area contributed by atoms with Crippen molar-refractivity contribution in [1.29, 1.82) is 10.5 Å². The maximum absolute atomic E-state index is 13.7. The minimum Gasteiger partial charge on any atom is -0.494 e. The van der Waals surface area contributed by atoms with Gasteiger partial charge in [0.25, 0.3) is 0 Å². The molecule has 0 aliphatic carbocycles. The minimum absolute atomic E-state index is 0.0254. The van der Waals surface area contributed by atoms with Gasteiger partial charge in [-0.3, -0.25) is 5.43 Å². The molecule has 0 radical (unpaired) electrons. The van der Waals surface area contributed by atoms with Crippen LogP contribution >= 0.6 is 11.6 Å². The highest BCUT2D eigenvalue weighted by atomic mass is 35.5. The highest BCUT2D eigenvalue weighted by Gasteiger charge is 2.12. The molecule has 0 saturated heterocycles. The third-order valence-electron chi connectivity index (χ3n) is 1.77. The van der Waals surface area contributed by atoms with E-state index in [1.807, 2.05) is 0 Å². The molecule has 0 bridgehead atoms. The molecule has 1 aromatic rings. The summed E-state index contributed by atoms with van der Waals surface area (Å²) in [5.41, 5.74) is 1.61. The molecule has 1 aromatic carbocycles. The molecule has 0 aliphatic rings. The monoisotopic (exact) mass is 252 g/mol. The van der Waals surface area contributed by atoms with Gasteiger partial charge in [-0.25, -0.2) is 4.39 Å². The lowest BCUT2D eigenvalue weighted by molar-refractivity contribution is 0.387. The number of benzene rings is 1. The van der Waals surface area contributed by atoms with E-state index in [0.717, 1.165) is 0 Å². The van der Waals surface area contributed by atoms with Crippen molar-refractivity contribution in [3.8, 4) is 17.9 Å². The zero-order valence-electron chi connectivity index (χ0n) is 8.66. The Hall–Kier alpha value is -2.31. The molecule has 0 aromatic heterocycles. The summed E-state index contributed by atoms with van der Waals surface area (Å²) >= 11 is 5.74. The van der Waals surface area contributed by atoms with Crippen LogP contribution in [0.5, 0.6) is 5.75 Å². The van der Waals surface area contributed by atoms with Gasteiger partial charge < -0.3 is 4.74 Å². The molecule has 1 rings (SSSR count). The van der Waals surface area contributed by atoms with E-state index in [-0.39, 0.29) is 16.5 Å². The van der Waals surface area contributed by atoms with Crippen molar-refractivity contribution in [2.24, 2.45) is 5.10 Å². The zero-order valence-corrected chi connectivity index (χ0v) is 9.42. The lowest BCUT2D eigenvalue weighted by Gasteiger charge is -2.08. The normalized spacial score (nSPS) is 8.76. The van der Waals surface area contributed by atoms with Crippen molar-refractivity contribution in [1.82, 2.24) is 0 Å². The largest absolute Gasteiger partial charge is 0.494 e. The van der Waals surface area contributed by atoms with E-state index in [1.54, 1.807) is 0 Å². The highest BCUT2D eigenvalue weighted by molar-refractivity contribution is 6.33. The molecule has 0 heterocycles. The number of hydrogen-bond acceptors (Lipinski definition) is 5. The summed E-state index contributed by atoms with van der Waals surface area (Å²) in [6.45, 7) is 0. The average Bonchev–Trinajstić information content (AvgIpc) is 2.34. The Morgan fingerprint density at radius 2 is 2.12 bits per heavy atom. The Bertz CT molecular complexity index is 528. The number of halogens is 2. The predicted octanol–water partition coefficient (Wildman–Crippen LogP) is 2.30. The number of nitrogens with zero attached hydrogens (tertiary/aromatic N) is 3. The Balaban J connectivity index is 3.12. The molecule has 0 fully saturated rings. The van der Waals surface area contributed by atoms with Crippen LogP contribution in [0, 0.1) is 28.5 Å². The summed E-state index contributed by atoms with van der Waals surface area (Å²) in [5, 5.41) is 20.3. The highest BCUT2D eigenvalue weighted by Crippen LogP contribution is 2.31. The van der Waals surface area contributed by atoms with Gasteiger partial charge in [0.15, 0.2) is 11.6 Å². The lowest BCUT2D eigenvalue weighted by atomic mass is 10.3. The molecule has 1 N–H and O–H groups in total. The molecule has 0 amide bonds. The molecule has 0 saturated carbocycles. The molecule has 0 unspecified atom stereocenters. The number of ether oxygens (including phenoxy) is 1. The summed E-state index contributed by atoms with van der Waals surface area (Å²) in [6.07, 6.45) is 0. The third kappa shape index (κ3) is 2.83. The molecule has 86 valence electrons. The smallest absolute Gasteiger partial charge is 0.237 e. The number of hydrazone groups is 1. The van der Waals surface area contributed by atoms with Gasteiger partial charge in [0.1, 0.15) is 17.8 Å². The van der Waals surface area contributed by atoms with Crippen LogP contribution in [0.4, 0.5) is 10.1 Å². The standard InChI is InChI=1S/C10H6ClFN4O/c1-17-8-3-2-7(11)10(9(8)12)16-15-6(4-13)5-14/h2-3,16H,1H3. The van der Waals surface area contributed by atoms with Gasteiger partial charge in [-0.15, -0.1) is 0 Å². The maximum atomic E-state index is 13.7. The fourth-order valence-electron chi connectivity index (χ4n) is 0.980. The lowest BCUT2D eigenvalue weighted by Crippen LogP contribution is -2.00. The number of rotatable bonds is 3. The van der Waals surface area contributed by atoms with Crippen molar-refractivity contribution in [3.05, 3.63) is 23.0 Å². The fraction of sp³-hybridized carbons (Fsp3) is 0.100. The average molecular weight is 253 g/mol. The topological polar surface area (TPSA) is 81.2 Å². The quantitative estimate of drug-likeness (QED) is 0.661. The number of hydrogen-bond donors (Lipinski definition) is 1. The fourth-order valence-corrected chi connectivity index (χ4v) is 1.17. The van der Waals surface area contributed by atoms with E-state index in [9.17, 15) is 4.39 Å². The summed E-state index contributed by atoms with van der Waals surface area (Å²) in [7, 11) is 1.30. The van der Waals surface area contributed by atoms with Crippen LogP contribution in [0.2, 0.25) is 5.02 Å². The van der Waals surface area contributed by atoms with Crippen LogP contribution in [0.1, 0.15) is 0 Å². The number of methoxy groups -OCH3 is 1. The van der Waals surface area contributed by atoms with Crippen LogP contribution in [-0.4, -0.2) is 12.8 Å². The van der Waals surface area contributed by atoms with Crippen molar-refractivity contribution in [2.75, 3.05) is 12.5 Å². The van der Waals surface area contributed by atoms with Crippen LogP contribution in [0.15, 0.2) is 17.2 Å². The molecule has 0 aliphatic heterocycles. The molecular weight excluding hydrogens is 247 g/mol. The summed E-state index contributed by atoms with van der Waals surface area (Å²) in [5.74, 6) is -0.776. The number of nitriles is 2.